The van der Waals surface area contributed by atoms with E-state index in [4.69, 9.17) is 0 Å². The molecule has 0 saturated heterocycles. The van der Waals surface area contributed by atoms with Gasteiger partial charge in [-0.3, -0.25) is 4.99 Å². The summed E-state index contributed by atoms with van der Waals surface area (Å²) in [6.45, 7) is 11.7. The molecule has 1 rings (SSSR count). The van der Waals surface area contributed by atoms with Gasteiger partial charge in [-0.2, -0.15) is 0 Å². The van der Waals surface area contributed by atoms with Crippen molar-refractivity contribution in [3.05, 3.63) is 54.2 Å². The summed E-state index contributed by atoms with van der Waals surface area (Å²) in [5.74, 6) is 0.536. The summed E-state index contributed by atoms with van der Waals surface area (Å²) in [7, 11) is 0. The molecule has 0 fully saturated rings. The van der Waals surface area contributed by atoms with Crippen LogP contribution in [0.3, 0.4) is 0 Å². The Morgan fingerprint density at radius 2 is 1.93 bits per heavy atom. The second-order valence-electron chi connectivity index (χ2n) is 3.71. The molecular formula is C14H17N. The predicted octanol–water partition coefficient (Wildman–Crippen LogP) is 4.02. The van der Waals surface area contributed by atoms with E-state index in [2.05, 4.69) is 50.2 Å². The van der Waals surface area contributed by atoms with Crippen LogP contribution in [-0.2, 0) is 0 Å². The number of nitrogens with zero attached hydrogens (tertiary/aromatic N) is 1. The first-order chi connectivity index (χ1) is 7.19. The van der Waals surface area contributed by atoms with E-state index in [1.807, 2.05) is 6.08 Å². The van der Waals surface area contributed by atoms with Gasteiger partial charge in [0, 0.05) is 12.4 Å². The van der Waals surface area contributed by atoms with Crippen molar-refractivity contribution in [3.63, 3.8) is 0 Å². The smallest absolute Gasteiger partial charge is 0.0346 e. The fourth-order valence-electron chi connectivity index (χ4n) is 1.38. The molecule has 0 aliphatic rings. The fraction of sp³-hybridized carbons (Fsp3) is 0.214. The van der Waals surface area contributed by atoms with Crippen molar-refractivity contribution in [2.24, 2.45) is 4.99 Å². The minimum atomic E-state index is 0.536. The van der Waals surface area contributed by atoms with Gasteiger partial charge in [-0.05, 0) is 22.6 Å². The molecule has 0 N–H and O–H groups in total. The maximum Gasteiger partial charge on any atom is 0.0346 e. The van der Waals surface area contributed by atoms with E-state index in [9.17, 15) is 0 Å². The van der Waals surface area contributed by atoms with Crippen LogP contribution in [0.5, 0.6) is 0 Å². The molecule has 0 unspecified atom stereocenters. The van der Waals surface area contributed by atoms with Gasteiger partial charge in [0.25, 0.3) is 0 Å². The molecule has 0 amide bonds. The van der Waals surface area contributed by atoms with Gasteiger partial charge >= 0.3 is 0 Å². The van der Waals surface area contributed by atoms with E-state index < -0.39 is 0 Å². The molecule has 0 aromatic heterocycles. The molecule has 0 heterocycles. The average molecular weight is 199 g/mol. The van der Waals surface area contributed by atoms with Crippen molar-refractivity contribution < 1.29 is 0 Å². The maximum atomic E-state index is 4.02. The Labute approximate surface area is 91.9 Å². The zero-order valence-electron chi connectivity index (χ0n) is 9.40. The third kappa shape index (κ3) is 2.91. The van der Waals surface area contributed by atoms with E-state index in [0.29, 0.717) is 5.92 Å². The minimum Gasteiger partial charge on any atom is -0.265 e. The Bertz CT molecular complexity index is 386. The van der Waals surface area contributed by atoms with Crippen LogP contribution in [0.25, 0.3) is 6.08 Å². The molecule has 1 heteroatoms. The molecule has 0 spiro atoms. The van der Waals surface area contributed by atoms with Gasteiger partial charge in [-0.25, -0.2) is 0 Å². The Balaban J connectivity index is 3.14. The minimum absolute atomic E-state index is 0.536. The lowest BCUT2D eigenvalue weighted by molar-refractivity contribution is 0.866. The first-order valence-corrected chi connectivity index (χ1v) is 5.09. The summed E-state index contributed by atoms with van der Waals surface area (Å²) < 4.78 is 0. The number of rotatable bonds is 4. The quantitative estimate of drug-likeness (QED) is 0.649. The first kappa shape index (κ1) is 11.4. The second-order valence-corrected chi connectivity index (χ2v) is 3.71. The van der Waals surface area contributed by atoms with Crippen LogP contribution >= 0.6 is 0 Å². The van der Waals surface area contributed by atoms with E-state index in [1.165, 1.54) is 11.8 Å². The molecule has 1 nitrogen and oxygen atoms in total. The number of aliphatic imine (C=N–C) groups is 1. The van der Waals surface area contributed by atoms with Crippen LogP contribution in [0, 0.1) is 0 Å². The van der Waals surface area contributed by atoms with Crippen LogP contribution in [0.1, 0.15) is 36.5 Å². The van der Waals surface area contributed by atoms with E-state index >= 15 is 0 Å². The maximum absolute atomic E-state index is 4.02. The second kappa shape index (κ2) is 5.30. The van der Waals surface area contributed by atoms with Gasteiger partial charge in [-0.15, -0.1) is 0 Å². The predicted molar refractivity (Wildman–Crippen MR) is 68.4 cm³/mol. The first-order valence-electron chi connectivity index (χ1n) is 5.09. The molecular weight excluding hydrogens is 182 g/mol. The molecule has 1 aromatic rings. The zero-order valence-corrected chi connectivity index (χ0v) is 9.40. The van der Waals surface area contributed by atoms with Gasteiger partial charge in [0.15, 0.2) is 0 Å². The van der Waals surface area contributed by atoms with Gasteiger partial charge in [0.05, 0.1) is 0 Å². The van der Waals surface area contributed by atoms with Gasteiger partial charge in [-0.1, -0.05) is 51.3 Å². The molecule has 0 aliphatic carbocycles. The topological polar surface area (TPSA) is 12.4 Å². The molecule has 15 heavy (non-hydrogen) atoms. The molecule has 0 bridgehead atoms. The van der Waals surface area contributed by atoms with Crippen molar-refractivity contribution in [2.75, 3.05) is 0 Å². The van der Waals surface area contributed by atoms with Crippen LogP contribution < -0.4 is 0 Å². The third-order valence-electron chi connectivity index (χ3n) is 2.32. The van der Waals surface area contributed by atoms with Crippen molar-refractivity contribution in [3.8, 4) is 0 Å². The standard InChI is InChI=1S/C14H17N/c1-5-12-9-13(11(3)4)7-8-14(12)10-15-6-2/h5-11H,1-2H2,3-4H3. The molecule has 78 valence electrons. The van der Waals surface area contributed by atoms with Crippen molar-refractivity contribution in [1.82, 2.24) is 0 Å². The lowest BCUT2D eigenvalue weighted by atomic mass is 9.98. The van der Waals surface area contributed by atoms with Crippen LogP contribution in [0.4, 0.5) is 0 Å². The van der Waals surface area contributed by atoms with E-state index in [1.54, 1.807) is 6.21 Å². The highest BCUT2D eigenvalue weighted by Gasteiger charge is 2.02. The summed E-state index contributed by atoms with van der Waals surface area (Å²) >= 11 is 0. The van der Waals surface area contributed by atoms with Crippen LogP contribution in [-0.4, -0.2) is 6.21 Å². The van der Waals surface area contributed by atoms with Crippen LogP contribution in [0.2, 0.25) is 0 Å². The molecule has 0 atom stereocenters. The number of hydrogen-bond donors (Lipinski definition) is 0. The molecule has 0 aliphatic heterocycles. The lowest BCUT2D eigenvalue weighted by Crippen LogP contribution is -1.92. The highest BCUT2D eigenvalue weighted by Crippen LogP contribution is 2.18. The largest absolute Gasteiger partial charge is 0.265 e. The summed E-state index contributed by atoms with van der Waals surface area (Å²) in [6.07, 6.45) is 5.19. The SMILES string of the molecule is C=CN=Cc1ccc(C(C)C)cc1C=C. The van der Waals surface area contributed by atoms with Gasteiger partial charge in [0.2, 0.25) is 0 Å². The highest BCUT2D eigenvalue weighted by molar-refractivity contribution is 5.85. The third-order valence-corrected chi connectivity index (χ3v) is 2.32. The van der Waals surface area contributed by atoms with E-state index in [0.717, 1.165) is 11.1 Å². The zero-order chi connectivity index (χ0) is 11.3. The molecule has 0 saturated carbocycles. The molecule has 0 radical (unpaired) electrons. The molecule has 1 aromatic carbocycles. The Morgan fingerprint density at radius 1 is 1.20 bits per heavy atom. The Hall–Kier alpha value is -1.63. The van der Waals surface area contributed by atoms with E-state index in [-0.39, 0.29) is 0 Å². The van der Waals surface area contributed by atoms with Crippen molar-refractivity contribution >= 4 is 12.3 Å². The monoisotopic (exact) mass is 199 g/mol. The van der Waals surface area contributed by atoms with Gasteiger partial charge in [0.1, 0.15) is 0 Å². The normalized spacial score (nSPS) is 10.9. The van der Waals surface area contributed by atoms with Crippen molar-refractivity contribution in [2.45, 2.75) is 19.8 Å². The highest BCUT2D eigenvalue weighted by atomic mass is 14.7. The number of hydrogen-bond acceptors (Lipinski definition) is 1. The number of benzene rings is 1. The lowest BCUT2D eigenvalue weighted by Gasteiger charge is -2.08. The van der Waals surface area contributed by atoms with Crippen molar-refractivity contribution in [1.29, 1.82) is 0 Å². The Morgan fingerprint density at radius 3 is 2.47 bits per heavy atom. The Kier molecular flexibility index (Phi) is 4.04. The van der Waals surface area contributed by atoms with Gasteiger partial charge < -0.3 is 0 Å². The summed E-state index contributed by atoms with van der Waals surface area (Å²) in [5.41, 5.74) is 3.52. The summed E-state index contributed by atoms with van der Waals surface area (Å²) in [4.78, 5) is 4.02. The summed E-state index contributed by atoms with van der Waals surface area (Å²) in [6, 6.07) is 6.35. The average Bonchev–Trinajstić information content (AvgIpc) is 2.25. The van der Waals surface area contributed by atoms with Crippen LogP contribution in [0.15, 0.2) is 42.5 Å². The summed E-state index contributed by atoms with van der Waals surface area (Å²) in [5, 5.41) is 0. The fourth-order valence-corrected chi connectivity index (χ4v) is 1.38.